The second-order valence-electron chi connectivity index (χ2n) is 6.76. The summed E-state index contributed by atoms with van der Waals surface area (Å²) in [5.74, 6) is -0.358. The number of hydrazone groups is 1. The van der Waals surface area contributed by atoms with E-state index in [2.05, 4.69) is 44.7 Å². The van der Waals surface area contributed by atoms with Crippen LogP contribution < -0.4 is 10.3 Å². The van der Waals surface area contributed by atoms with Gasteiger partial charge in [0.15, 0.2) is 0 Å². The number of anilines is 1. The van der Waals surface area contributed by atoms with Crippen LogP contribution in [-0.4, -0.2) is 35.4 Å². The summed E-state index contributed by atoms with van der Waals surface area (Å²) < 4.78 is 0. The SMILES string of the molecule is CCN(CCC#N)c1ccc(/C=N\NC(=O)c2cc(-c3ccccc3)n[nH]2)c(C)c1. The first-order chi connectivity index (χ1) is 14.6. The minimum atomic E-state index is -0.358. The number of aromatic nitrogens is 2. The molecule has 0 spiro atoms. The molecule has 0 radical (unpaired) electrons. The van der Waals surface area contributed by atoms with Crippen LogP contribution in [0.4, 0.5) is 5.69 Å². The number of carbonyl (C=O) groups excluding carboxylic acids is 1. The van der Waals surface area contributed by atoms with Crippen LogP contribution in [0.3, 0.4) is 0 Å². The third-order valence-corrected chi connectivity index (χ3v) is 4.76. The fourth-order valence-corrected chi connectivity index (χ4v) is 3.07. The van der Waals surface area contributed by atoms with Gasteiger partial charge in [-0.3, -0.25) is 9.89 Å². The van der Waals surface area contributed by atoms with E-state index in [0.717, 1.165) is 28.9 Å². The van der Waals surface area contributed by atoms with Crippen LogP contribution in [0.15, 0.2) is 59.7 Å². The number of nitriles is 1. The average Bonchev–Trinajstić information content (AvgIpc) is 3.27. The number of nitrogens with one attached hydrogen (secondary N) is 2. The Labute approximate surface area is 176 Å². The number of aromatic amines is 1. The molecule has 0 bridgehead atoms. The molecule has 0 unspecified atom stereocenters. The van der Waals surface area contributed by atoms with Crippen molar-refractivity contribution in [2.75, 3.05) is 18.0 Å². The molecule has 1 heterocycles. The van der Waals surface area contributed by atoms with E-state index in [1.807, 2.05) is 49.4 Å². The summed E-state index contributed by atoms with van der Waals surface area (Å²) in [6.45, 7) is 5.59. The van der Waals surface area contributed by atoms with Gasteiger partial charge in [-0.1, -0.05) is 36.4 Å². The van der Waals surface area contributed by atoms with E-state index in [4.69, 9.17) is 5.26 Å². The lowest BCUT2D eigenvalue weighted by Gasteiger charge is -2.22. The Morgan fingerprint density at radius 3 is 2.77 bits per heavy atom. The number of amides is 1. The maximum absolute atomic E-state index is 12.3. The lowest BCUT2D eigenvalue weighted by Crippen LogP contribution is -2.23. The first-order valence-electron chi connectivity index (χ1n) is 9.79. The maximum atomic E-state index is 12.3. The molecule has 0 aliphatic carbocycles. The minimum Gasteiger partial charge on any atom is -0.371 e. The van der Waals surface area contributed by atoms with E-state index in [9.17, 15) is 4.79 Å². The molecule has 152 valence electrons. The highest BCUT2D eigenvalue weighted by atomic mass is 16.2. The number of H-pyrrole nitrogens is 1. The molecule has 0 aliphatic heterocycles. The van der Waals surface area contributed by atoms with E-state index < -0.39 is 0 Å². The van der Waals surface area contributed by atoms with Crippen LogP contribution in [0.25, 0.3) is 11.3 Å². The zero-order valence-corrected chi connectivity index (χ0v) is 17.1. The van der Waals surface area contributed by atoms with Gasteiger partial charge in [-0.15, -0.1) is 0 Å². The van der Waals surface area contributed by atoms with E-state index in [1.165, 1.54) is 0 Å². The molecule has 0 saturated carbocycles. The molecule has 7 nitrogen and oxygen atoms in total. The number of carbonyl (C=O) groups is 1. The van der Waals surface area contributed by atoms with Crippen molar-refractivity contribution >= 4 is 17.8 Å². The molecule has 0 aliphatic rings. The number of hydrogen-bond donors (Lipinski definition) is 2. The van der Waals surface area contributed by atoms with E-state index in [0.29, 0.717) is 24.4 Å². The predicted octanol–water partition coefficient (Wildman–Crippen LogP) is 3.89. The molecule has 30 heavy (non-hydrogen) atoms. The molecular weight excluding hydrogens is 376 g/mol. The second kappa shape index (κ2) is 10.0. The molecule has 0 saturated heterocycles. The summed E-state index contributed by atoms with van der Waals surface area (Å²) in [5, 5.41) is 19.8. The molecular formula is C23H24N6O. The van der Waals surface area contributed by atoms with Crippen molar-refractivity contribution in [1.29, 1.82) is 5.26 Å². The van der Waals surface area contributed by atoms with Crippen molar-refractivity contribution in [3.05, 3.63) is 71.4 Å². The van der Waals surface area contributed by atoms with Crippen LogP contribution in [-0.2, 0) is 0 Å². The highest BCUT2D eigenvalue weighted by molar-refractivity contribution is 5.94. The number of hydrogen-bond acceptors (Lipinski definition) is 5. The molecule has 0 fully saturated rings. The van der Waals surface area contributed by atoms with Gasteiger partial charge in [0.2, 0.25) is 0 Å². The quantitative estimate of drug-likeness (QED) is 0.443. The molecule has 1 amide bonds. The van der Waals surface area contributed by atoms with Crippen LogP contribution in [0.2, 0.25) is 0 Å². The van der Waals surface area contributed by atoms with Gasteiger partial charge < -0.3 is 4.90 Å². The third kappa shape index (κ3) is 5.11. The minimum absolute atomic E-state index is 0.342. The average molecular weight is 400 g/mol. The lowest BCUT2D eigenvalue weighted by molar-refractivity contribution is 0.0950. The van der Waals surface area contributed by atoms with Crippen LogP contribution in [0.1, 0.15) is 35.0 Å². The van der Waals surface area contributed by atoms with Crippen LogP contribution in [0.5, 0.6) is 0 Å². The first kappa shape index (κ1) is 20.8. The Hall–Kier alpha value is -3.92. The van der Waals surface area contributed by atoms with Crippen molar-refractivity contribution in [3.8, 4) is 17.3 Å². The highest BCUT2D eigenvalue weighted by Gasteiger charge is 2.10. The zero-order valence-electron chi connectivity index (χ0n) is 17.1. The number of rotatable bonds is 8. The molecule has 0 atom stereocenters. The molecule has 3 aromatic rings. The first-order valence-corrected chi connectivity index (χ1v) is 9.79. The Kier molecular flexibility index (Phi) is 6.95. The predicted molar refractivity (Wildman–Crippen MR) is 118 cm³/mol. The number of aryl methyl sites for hydroxylation is 1. The third-order valence-electron chi connectivity index (χ3n) is 4.76. The number of benzene rings is 2. The van der Waals surface area contributed by atoms with E-state index >= 15 is 0 Å². The van der Waals surface area contributed by atoms with Crippen molar-refractivity contribution in [1.82, 2.24) is 15.6 Å². The molecule has 2 N–H and O–H groups in total. The van der Waals surface area contributed by atoms with Gasteiger partial charge in [0.1, 0.15) is 5.69 Å². The van der Waals surface area contributed by atoms with Crippen LogP contribution >= 0.6 is 0 Å². The molecule has 2 aromatic carbocycles. The Morgan fingerprint density at radius 1 is 1.27 bits per heavy atom. The van der Waals surface area contributed by atoms with Crippen molar-refractivity contribution in [2.45, 2.75) is 20.3 Å². The largest absolute Gasteiger partial charge is 0.371 e. The fourth-order valence-electron chi connectivity index (χ4n) is 3.07. The lowest BCUT2D eigenvalue weighted by atomic mass is 10.1. The Balaban J connectivity index is 1.63. The summed E-state index contributed by atoms with van der Waals surface area (Å²) >= 11 is 0. The van der Waals surface area contributed by atoms with Gasteiger partial charge in [-0.25, -0.2) is 5.43 Å². The zero-order chi connectivity index (χ0) is 21.3. The summed E-state index contributed by atoms with van der Waals surface area (Å²) in [6.07, 6.45) is 2.11. The van der Waals surface area contributed by atoms with Crippen molar-refractivity contribution in [2.24, 2.45) is 5.10 Å². The second-order valence-corrected chi connectivity index (χ2v) is 6.76. The van der Waals surface area contributed by atoms with Gasteiger partial charge >= 0.3 is 0 Å². The van der Waals surface area contributed by atoms with Crippen LogP contribution in [0, 0.1) is 18.3 Å². The Bertz CT molecular complexity index is 1060. The Morgan fingerprint density at radius 2 is 2.07 bits per heavy atom. The van der Waals surface area contributed by atoms with Gasteiger partial charge in [-0.05, 0) is 43.2 Å². The smallest absolute Gasteiger partial charge is 0.289 e. The standard InChI is InChI=1S/C23H24N6O/c1-3-29(13-7-12-24)20-11-10-19(17(2)14-20)16-25-28-23(30)22-15-21(26-27-22)18-8-5-4-6-9-18/h4-6,8-11,14-16H,3,7,13H2,1-2H3,(H,26,27)(H,28,30)/b25-16-. The maximum Gasteiger partial charge on any atom is 0.289 e. The van der Waals surface area contributed by atoms with Gasteiger partial charge in [-0.2, -0.15) is 15.5 Å². The topological polar surface area (TPSA) is 97.2 Å². The highest BCUT2D eigenvalue weighted by Crippen LogP contribution is 2.19. The van der Waals surface area contributed by atoms with Crippen molar-refractivity contribution in [3.63, 3.8) is 0 Å². The van der Waals surface area contributed by atoms with Gasteiger partial charge in [0.05, 0.1) is 24.4 Å². The van der Waals surface area contributed by atoms with Gasteiger partial charge in [0, 0.05) is 24.3 Å². The van der Waals surface area contributed by atoms with E-state index in [-0.39, 0.29) is 5.91 Å². The summed E-state index contributed by atoms with van der Waals surface area (Å²) in [5.41, 5.74) is 7.52. The van der Waals surface area contributed by atoms with Gasteiger partial charge in [0.25, 0.3) is 5.91 Å². The molecule has 3 rings (SSSR count). The normalized spacial score (nSPS) is 10.7. The number of nitrogens with zero attached hydrogens (tertiary/aromatic N) is 4. The van der Waals surface area contributed by atoms with Crippen molar-refractivity contribution < 1.29 is 4.79 Å². The summed E-state index contributed by atoms with van der Waals surface area (Å²) in [7, 11) is 0. The summed E-state index contributed by atoms with van der Waals surface area (Å²) in [6, 6.07) is 19.5. The molecule has 1 aromatic heterocycles. The fraction of sp³-hybridized carbons (Fsp3) is 0.217. The summed E-state index contributed by atoms with van der Waals surface area (Å²) in [4.78, 5) is 14.5. The molecule has 7 heteroatoms. The monoisotopic (exact) mass is 400 g/mol. The van der Waals surface area contributed by atoms with E-state index in [1.54, 1.807) is 12.3 Å².